The van der Waals surface area contributed by atoms with E-state index in [1.165, 1.54) is 17.8 Å². The van der Waals surface area contributed by atoms with Gasteiger partial charge in [0.1, 0.15) is 17.6 Å². The molecule has 0 fully saturated rings. The number of amides is 2. The predicted molar refractivity (Wildman–Crippen MR) is 133 cm³/mol. The normalized spacial score (nSPS) is 12.7. The van der Waals surface area contributed by atoms with E-state index in [1.807, 2.05) is 45.0 Å². The fourth-order valence-electron chi connectivity index (χ4n) is 3.28. The van der Waals surface area contributed by atoms with Gasteiger partial charge in [-0.2, -0.15) is 0 Å². The highest BCUT2D eigenvalue weighted by Crippen LogP contribution is 2.25. The fraction of sp³-hybridized carbons (Fsp3) is 0.440. The summed E-state index contributed by atoms with van der Waals surface area (Å²) in [6, 6.07) is 11.4. The average molecular weight is 495 g/mol. The largest absolute Gasteiger partial charge is 0.497 e. The number of nitrogens with one attached hydrogen (secondary N) is 1. The van der Waals surface area contributed by atoms with Crippen molar-refractivity contribution in [1.29, 1.82) is 0 Å². The first kappa shape index (κ1) is 27.0. The van der Waals surface area contributed by atoms with Crippen LogP contribution in [0.25, 0.3) is 0 Å². The van der Waals surface area contributed by atoms with Crippen molar-refractivity contribution >= 4 is 35.2 Å². The minimum Gasteiger partial charge on any atom is -0.497 e. The van der Waals surface area contributed by atoms with E-state index >= 15 is 0 Å². The Morgan fingerprint density at radius 2 is 1.85 bits per heavy atom. The first-order chi connectivity index (χ1) is 15.8. The lowest BCUT2D eigenvalue weighted by atomic mass is 10.1. The molecule has 1 N–H and O–H groups in total. The summed E-state index contributed by atoms with van der Waals surface area (Å²) in [6.45, 7) is 6.11. The van der Waals surface area contributed by atoms with Crippen LogP contribution in [0.15, 0.2) is 42.5 Å². The first-order valence-corrected chi connectivity index (χ1v) is 12.6. The third-order valence-electron chi connectivity index (χ3n) is 5.43. The van der Waals surface area contributed by atoms with Crippen molar-refractivity contribution in [3.8, 4) is 5.75 Å². The first-order valence-electron chi connectivity index (χ1n) is 11.0. The zero-order valence-electron chi connectivity index (χ0n) is 19.6. The summed E-state index contributed by atoms with van der Waals surface area (Å²) in [5, 5.41) is 3.33. The molecule has 2 amide bonds. The molecular formula is C25H32ClFN2O3S. The van der Waals surface area contributed by atoms with Crippen LogP contribution in [0.5, 0.6) is 5.75 Å². The summed E-state index contributed by atoms with van der Waals surface area (Å²) in [5.41, 5.74) is 1.27. The van der Waals surface area contributed by atoms with Gasteiger partial charge in [0.05, 0.1) is 12.9 Å². The summed E-state index contributed by atoms with van der Waals surface area (Å²) in [4.78, 5) is 27.8. The summed E-state index contributed by atoms with van der Waals surface area (Å²) in [5.74, 6) is 0.343. The molecule has 0 saturated heterocycles. The Morgan fingerprint density at radius 1 is 1.15 bits per heavy atom. The summed E-state index contributed by atoms with van der Waals surface area (Å²) < 4.78 is 19.3. The molecule has 33 heavy (non-hydrogen) atoms. The van der Waals surface area contributed by atoms with Crippen molar-refractivity contribution in [2.24, 2.45) is 0 Å². The summed E-state index contributed by atoms with van der Waals surface area (Å²) in [6.07, 6.45) is 1.28. The Balaban J connectivity index is 2.18. The van der Waals surface area contributed by atoms with E-state index in [4.69, 9.17) is 16.3 Å². The van der Waals surface area contributed by atoms with Crippen LogP contribution in [0.2, 0.25) is 5.02 Å². The van der Waals surface area contributed by atoms with Crippen LogP contribution >= 0.6 is 23.4 Å². The molecule has 0 bridgehead atoms. The highest BCUT2D eigenvalue weighted by molar-refractivity contribution is 7.99. The van der Waals surface area contributed by atoms with E-state index in [1.54, 1.807) is 24.1 Å². The summed E-state index contributed by atoms with van der Waals surface area (Å²) in [7, 11) is 1.59. The number of benzene rings is 2. The maximum atomic E-state index is 14.1. The highest BCUT2D eigenvalue weighted by atomic mass is 35.5. The van der Waals surface area contributed by atoms with Crippen molar-refractivity contribution in [2.45, 2.75) is 58.0 Å². The molecule has 0 aliphatic heterocycles. The number of hydrogen-bond donors (Lipinski definition) is 1. The second-order valence-corrected chi connectivity index (χ2v) is 9.20. The van der Waals surface area contributed by atoms with Crippen LogP contribution in [-0.2, 0) is 21.9 Å². The zero-order valence-corrected chi connectivity index (χ0v) is 21.1. The van der Waals surface area contributed by atoms with Gasteiger partial charge in [0, 0.05) is 28.9 Å². The predicted octanol–water partition coefficient (Wildman–Crippen LogP) is 5.44. The molecule has 2 aromatic rings. The number of halogens is 2. The minimum absolute atomic E-state index is 0.0158. The van der Waals surface area contributed by atoms with Crippen LogP contribution in [-0.4, -0.2) is 41.7 Å². The number of thioether (sulfide) groups is 1. The molecular weight excluding hydrogens is 463 g/mol. The van der Waals surface area contributed by atoms with Crippen molar-refractivity contribution in [3.63, 3.8) is 0 Å². The number of hydrogen-bond acceptors (Lipinski definition) is 4. The number of nitrogens with zero attached hydrogens (tertiary/aromatic N) is 1. The quantitative estimate of drug-likeness (QED) is 0.426. The third-order valence-corrected chi connectivity index (χ3v) is 6.73. The van der Waals surface area contributed by atoms with Crippen LogP contribution in [0.4, 0.5) is 4.39 Å². The number of methoxy groups -OCH3 is 1. The average Bonchev–Trinajstić information content (AvgIpc) is 2.81. The molecule has 0 heterocycles. The van der Waals surface area contributed by atoms with Gasteiger partial charge in [0.2, 0.25) is 11.8 Å². The number of ether oxygens (including phenoxy) is 1. The van der Waals surface area contributed by atoms with Crippen LogP contribution in [0.3, 0.4) is 0 Å². The molecule has 2 aromatic carbocycles. The molecule has 0 radical (unpaired) electrons. The van der Waals surface area contributed by atoms with Crippen molar-refractivity contribution < 1.29 is 18.7 Å². The second kappa shape index (κ2) is 13.5. The third kappa shape index (κ3) is 7.93. The lowest BCUT2D eigenvalue weighted by Crippen LogP contribution is -2.51. The van der Waals surface area contributed by atoms with Crippen LogP contribution in [0.1, 0.15) is 44.7 Å². The van der Waals surface area contributed by atoms with Gasteiger partial charge >= 0.3 is 0 Å². The monoisotopic (exact) mass is 494 g/mol. The van der Waals surface area contributed by atoms with E-state index < -0.39 is 11.9 Å². The van der Waals surface area contributed by atoms with Crippen molar-refractivity contribution in [2.75, 3.05) is 12.9 Å². The Hall–Kier alpha value is -2.25. The number of rotatable bonds is 12. The molecule has 180 valence electrons. The number of carbonyl (C=O) groups is 2. The van der Waals surface area contributed by atoms with Gasteiger partial charge in [0.25, 0.3) is 0 Å². The van der Waals surface area contributed by atoms with Gasteiger partial charge < -0.3 is 15.0 Å². The Morgan fingerprint density at radius 3 is 2.42 bits per heavy atom. The Labute approximate surface area is 205 Å². The molecule has 0 saturated carbocycles. The Bertz CT molecular complexity index is 906. The Kier molecular flexibility index (Phi) is 11.0. The SMILES string of the molecule is CC[C@@H](C)NC(=O)[C@H](CC)N(Cc1ccc(OC)cc1)C(=O)CSCc1c(F)cccc1Cl. The van der Waals surface area contributed by atoms with E-state index in [0.717, 1.165) is 17.7 Å². The van der Waals surface area contributed by atoms with Gasteiger partial charge in [-0.05, 0) is 49.6 Å². The van der Waals surface area contributed by atoms with Gasteiger partial charge in [-0.3, -0.25) is 9.59 Å². The second-order valence-electron chi connectivity index (χ2n) is 7.80. The van der Waals surface area contributed by atoms with Gasteiger partial charge in [-0.1, -0.05) is 43.6 Å². The van der Waals surface area contributed by atoms with E-state index in [9.17, 15) is 14.0 Å². The standard InChI is InChI=1S/C25H32ClFN2O3S/c1-5-17(3)28-25(31)23(6-2)29(14-18-10-12-19(32-4)13-11-18)24(30)16-33-15-20-21(26)8-7-9-22(20)27/h7-13,17,23H,5-6,14-16H2,1-4H3,(H,28,31)/t17-,23+/m1/s1. The van der Waals surface area contributed by atoms with E-state index in [0.29, 0.717) is 17.0 Å². The smallest absolute Gasteiger partial charge is 0.243 e. The molecule has 0 spiro atoms. The molecule has 0 aliphatic rings. The number of carbonyl (C=O) groups excluding carboxylic acids is 2. The molecule has 2 rings (SSSR count). The van der Waals surface area contributed by atoms with Crippen LogP contribution in [0, 0.1) is 5.82 Å². The van der Waals surface area contributed by atoms with Gasteiger partial charge in [-0.15, -0.1) is 11.8 Å². The highest BCUT2D eigenvalue weighted by Gasteiger charge is 2.29. The lowest BCUT2D eigenvalue weighted by Gasteiger charge is -2.31. The topological polar surface area (TPSA) is 58.6 Å². The zero-order chi connectivity index (χ0) is 24.4. The van der Waals surface area contributed by atoms with Crippen LogP contribution < -0.4 is 10.1 Å². The minimum atomic E-state index is -0.605. The van der Waals surface area contributed by atoms with Gasteiger partial charge in [0.15, 0.2) is 0 Å². The maximum Gasteiger partial charge on any atom is 0.243 e. The van der Waals surface area contributed by atoms with E-state index in [2.05, 4.69) is 5.32 Å². The van der Waals surface area contributed by atoms with Crippen molar-refractivity contribution in [3.05, 3.63) is 64.4 Å². The lowest BCUT2D eigenvalue weighted by molar-refractivity contribution is -0.139. The van der Waals surface area contributed by atoms with Crippen molar-refractivity contribution in [1.82, 2.24) is 10.2 Å². The molecule has 0 aliphatic carbocycles. The molecule has 0 aromatic heterocycles. The summed E-state index contributed by atoms with van der Waals surface area (Å²) >= 11 is 7.38. The molecule has 0 unspecified atom stereocenters. The fourth-order valence-corrected chi connectivity index (χ4v) is 4.53. The molecule has 8 heteroatoms. The van der Waals surface area contributed by atoms with E-state index in [-0.39, 0.29) is 35.9 Å². The molecule has 2 atom stereocenters. The van der Waals surface area contributed by atoms with Gasteiger partial charge in [-0.25, -0.2) is 4.39 Å². The maximum absolute atomic E-state index is 14.1. The molecule has 5 nitrogen and oxygen atoms in total.